The lowest BCUT2D eigenvalue weighted by atomic mass is 10.1. The molecule has 1 aromatic carbocycles. The number of halogens is 1. The Morgan fingerprint density at radius 1 is 1.33 bits per heavy atom. The third kappa shape index (κ3) is 2.83. The van der Waals surface area contributed by atoms with Crippen LogP contribution in [-0.2, 0) is 10.0 Å². The molecule has 2 heterocycles. The zero-order valence-electron chi connectivity index (χ0n) is 11.7. The van der Waals surface area contributed by atoms with E-state index in [1.54, 1.807) is 19.1 Å². The van der Waals surface area contributed by atoms with Crippen LogP contribution < -0.4 is 15.2 Å². The molecule has 2 aliphatic heterocycles. The van der Waals surface area contributed by atoms with E-state index in [1.807, 2.05) is 0 Å². The second kappa shape index (κ2) is 6.00. The van der Waals surface area contributed by atoms with Crippen LogP contribution in [0.2, 0.25) is 0 Å². The molecule has 0 aliphatic carbocycles. The van der Waals surface area contributed by atoms with E-state index < -0.39 is 10.0 Å². The van der Waals surface area contributed by atoms with Crippen LogP contribution in [0.4, 0.5) is 0 Å². The fourth-order valence-corrected chi connectivity index (χ4v) is 4.40. The number of fused-ring (bicyclic) bond motifs is 1. The highest BCUT2D eigenvalue weighted by atomic mass is 35.5. The molecule has 1 saturated heterocycles. The number of hydrogen-bond donors (Lipinski definition) is 1. The maximum absolute atomic E-state index is 12.7. The zero-order valence-corrected chi connectivity index (χ0v) is 13.4. The summed E-state index contributed by atoms with van der Waals surface area (Å²) in [5, 5.41) is 0. The molecule has 2 N–H and O–H groups in total. The Hall–Kier alpha value is -1.02. The number of ether oxygens (including phenoxy) is 2. The molecule has 6 nitrogen and oxygen atoms in total. The molecule has 1 unspecified atom stereocenters. The van der Waals surface area contributed by atoms with Crippen molar-refractivity contribution in [1.29, 1.82) is 0 Å². The van der Waals surface area contributed by atoms with E-state index >= 15 is 0 Å². The van der Waals surface area contributed by atoms with Gasteiger partial charge in [0.15, 0.2) is 11.5 Å². The van der Waals surface area contributed by atoms with Gasteiger partial charge in [-0.15, -0.1) is 12.4 Å². The van der Waals surface area contributed by atoms with Gasteiger partial charge in [0.1, 0.15) is 0 Å². The number of nitrogens with two attached hydrogens (primary N) is 1. The van der Waals surface area contributed by atoms with Gasteiger partial charge in [0.2, 0.25) is 16.8 Å². The highest BCUT2D eigenvalue weighted by Crippen LogP contribution is 2.37. The molecule has 0 saturated carbocycles. The van der Waals surface area contributed by atoms with Crippen LogP contribution in [0.1, 0.15) is 12.0 Å². The van der Waals surface area contributed by atoms with Crippen molar-refractivity contribution in [2.75, 3.05) is 26.4 Å². The molecule has 8 heteroatoms. The van der Waals surface area contributed by atoms with E-state index in [2.05, 4.69) is 0 Å². The van der Waals surface area contributed by atoms with Crippen molar-refractivity contribution in [3.05, 3.63) is 17.7 Å². The third-order valence-electron chi connectivity index (χ3n) is 3.87. The van der Waals surface area contributed by atoms with Crippen molar-refractivity contribution in [2.45, 2.75) is 18.2 Å². The smallest absolute Gasteiger partial charge is 0.243 e. The summed E-state index contributed by atoms with van der Waals surface area (Å²) in [5.41, 5.74) is 6.30. The zero-order chi connectivity index (χ0) is 14.3. The minimum Gasteiger partial charge on any atom is -0.454 e. The van der Waals surface area contributed by atoms with Crippen molar-refractivity contribution >= 4 is 22.4 Å². The van der Waals surface area contributed by atoms with Gasteiger partial charge < -0.3 is 15.2 Å². The minimum atomic E-state index is -3.49. The van der Waals surface area contributed by atoms with Crippen molar-refractivity contribution in [1.82, 2.24) is 4.31 Å². The van der Waals surface area contributed by atoms with Gasteiger partial charge in [0.05, 0.1) is 4.90 Å². The monoisotopic (exact) mass is 334 g/mol. The summed E-state index contributed by atoms with van der Waals surface area (Å²) in [6.45, 7) is 3.44. The second-order valence-electron chi connectivity index (χ2n) is 5.22. The lowest BCUT2D eigenvalue weighted by Gasteiger charge is -2.18. The number of benzene rings is 1. The van der Waals surface area contributed by atoms with E-state index in [-0.39, 0.29) is 25.1 Å². The van der Waals surface area contributed by atoms with E-state index in [9.17, 15) is 8.42 Å². The number of aryl methyl sites for hydroxylation is 1. The first-order chi connectivity index (χ1) is 9.52. The predicted octanol–water partition coefficient (Wildman–Crippen LogP) is 1.11. The summed E-state index contributed by atoms with van der Waals surface area (Å²) in [4.78, 5) is 0.291. The molecule has 0 aromatic heterocycles. The fraction of sp³-hybridized carbons (Fsp3) is 0.538. The summed E-state index contributed by atoms with van der Waals surface area (Å²) < 4.78 is 37.4. The van der Waals surface area contributed by atoms with Crippen LogP contribution in [0.25, 0.3) is 0 Å². The lowest BCUT2D eigenvalue weighted by molar-refractivity contribution is 0.174. The summed E-state index contributed by atoms with van der Waals surface area (Å²) in [5.74, 6) is 1.34. The summed E-state index contributed by atoms with van der Waals surface area (Å²) in [6.07, 6.45) is 0.819. The van der Waals surface area contributed by atoms with Crippen molar-refractivity contribution in [3.8, 4) is 11.5 Å². The summed E-state index contributed by atoms with van der Waals surface area (Å²) in [6, 6.07) is 3.27. The molecular formula is C13H19ClN2O4S. The van der Waals surface area contributed by atoms with Gasteiger partial charge in [0, 0.05) is 19.2 Å². The van der Waals surface area contributed by atoms with Crippen LogP contribution in [0, 0.1) is 12.8 Å². The second-order valence-corrected chi connectivity index (χ2v) is 7.13. The van der Waals surface area contributed by atoms with Gasteiger partial charge in [-0.1, -0.05) is 0 Å². The first kappa shape index (κ1) is 16.4. The maximum Gasteiger partial charge on any atom is 0.243 e. The Labute approximate surface area is 130 Å². The Morgan fingerprint density at radius 3 is 2.62 bits per heavy atom. The van der Waals surface area contributed by atoms with Gasteiger partial charge in [-0.05, 0) is 37.4 Å². The maximum atomic E-state index is 12.7. The molecule has 0 radical (unpaired) electrons. The number of rotatable bonds is 3. The van der Waals surface area contributed by atoms with Gasteiger partial charge in [0.25, 0.3) is 0 Å². The van der Waals surface area contributed by atoms with Crippen LogP contribution in [0.15, 0.2) is 17.0 Å². The molecule has 1 fully saturated rings. The average Bonchev–Trinajstić information content (AvgIpc) is 3.05. The number of hydrogen-bond acceptors (Lipinski definition) is 5. The highest BCUT2D eigenvalue weighted by molar-refractivity contribution is 7.89. The quantitative estimate of drug-likeness (QED) is 0.895. The number of nitrogens with zero attached hydrogens (tertiary/aromatic N) is 1. The molecular weight excluding hydrogens is 316 g/mol. The van der Waals surface area contributed by atoms with Crippen LogP contribution >= 0.6 is 12.4 Å². The van der Waals surface area contributed by atoms with Gasteiger partial charge in [-0.3, -0.25) is 0 Å². The molecule has 21 heavy (non-hydrogen) atoms. The largest absolute Gasteiger partial charge is 0.454 e. The van der Waals surface area contributed by atoms with Crippen molar-refractivity contribution in [3.63, 3.8) is 0 Å². The third-order valence-corrected chi connectivity index (χ3v) is 5.88. The molecule has 118 valence electrons. The minimum absolute atomic E-state index is 0. The summed E-state index contributed by atoms with van der Waals surface area (Å²) in [7, 11) is -3.49. The van der Waals surface area contributed by atoms with Gasteiger partial charge in [-0.2, -0.15) is 4.31 Å². The van der Waals surface area contributed by atoms with Gasteiger partial charge in [-0.25, -0.2) is 8.42 Å². The topological polar surface area (TPSA) is 81.9 Å². The molecule has 1 atom stereocenters. The van der Waals surface area contributed by atoms with E-state index in [4.69, 9.17) is 15.2 Å². The Morgan fingerprint density at radius 2 is 2.00 bits per heavy atom. The molecule has 0 bridgehead atoms. The average molecular weight is 335 g/mol. The predicted molar refractivity (Wildman–Crippen MR) is 80.5 cm³/mol. The first-order valence-electron chi connectivity index (χ1n) is 6.63. The highest BCUT2D eigenvalue weighted by Gasteiger charge is 2.34. The fourth-order valence-electron chi connectivity index (χ4n) is 2.65. The van der Waals surface area contributed by atoms with Crippen molar-refractivity contribution < 1.29 is 17.9 Å². The Bertz CT molecular complexity index is 635. The molecule has 0 spiro atoms. The van der Waals surface area contributed by atoms with Crippen LogP contribution in [-0.4, -0.2) is 39.2 Å². The Balaban J connectivity index is 0.00000161. The molecule has 1 aromatic rings. The molecule has 0 amide bonds. The van der Waals surface area contributed by atoms with Crippen LogP contribution in [0.3, 0.4) is 0 Å². The SMILES string of the molecule is Cc1cc2c(cc1S(=O)(=O)N1CCC(CN)C1)OCO2.Cl. The van der Waals surface area contributed by atoms with E-state index in [0.717, 1.165) is 6.42 Å². The van der Waals surface area contributed by atoms with E-state index in [1.165, 1.54) is 4.31 Å². The Kier molecular flexibility index (Phi) is 4.67. The van der Waals surface area contributed by atoms with Gasteiger partial charge >= 0.3 is 0 Å². The number of sulfonamides is 1. The standard InChI is InChI=1S/C13H18N2O4S.ClH/c1-9-4-11-12(19-8-18-11)5-13(9)20(16,17)15-3-2-10(6-14)7-15;/h4-5,10H,2-3,6-8,14H2,1H3;1H. The van der Waals surface area contributed by atoms with Crippen molar-refractivity contribution in [2.24, 2.45) is 11.7 Å². The summed E-state index contributed by atoms with van der Waals surface area (Å²) >= 11 is 0. The van der Waals surface area contributed by atoms with E-state index in [0.29, 0.717) is 41.6 Å². The molecule has 2 aliphatic rings. The first-order valence-corrected chi connectivity index (χ1v) is 8.07. The lowest BCUT2D eigenvalue weighted by Crippen LogP contribution is -2.30. The van der Waals surface area contributed by atoms with Crippen LogP contribution in [0.5, 0.6) is 11.5 Å². The molecule has 3 rings (SSSR count). The normalized spacial score (nSPS) is 21.3.